The monoisotopic (exact) mass is 299 g/mol. The van der Waals surface area contributed by atoms with E-state index in [0.717, 1.165) is 17.7 Å². The zero-order chi connectivity index (χ0) is 15.5. The maximum atomic E-state index is 13.4. The number of rotatable bonds is 4. The summed E-state index contributed by atoms with van der Waals surface area (Å²) in [4.78, 5) is 13.7. The number of hydrogen-bond acceptors (Lipinski definition) is 2. The van der Waals surface area contributed by atoms with E-state index in [4.69, 9.17) is 0 Å². The minimum absolute atomic E-state index is 0.170. The van der Waals surface area contributed by atoms with Crippen molar-refractivity contribution in [2.75, 3.05) is 13.1 Å². The van der Waals surface area contributed by atoms with Gasteiger partial charge in [-0.3, -0.25) is 9.69 Å². The van der Waals surface area contributed by atoms with E-state index in [1.807, 2.05) is 36.4 Å². The molecule has 1 heterocycles. The average Bonchev–Trinajstić information content (AvgIpc) is 2.92. The summed E-state index contributed by atoms with van der Waals surface area (Å²) in [6.45, 7) is 1.84. The largest absolute Gasteiger partial charge is 0.481 e. The Morgan fingerprint density at radius 2 is 1.91 bits per heavy atom. The summed E-state index contributed by atoms with van der Waals surface area (Å²) in [5.74, 6) is -1.80. The quantitative estimate of drug-likeness (QED) is 0.943. The first-order valence-corrected chi connectivity index (χ1v) is 7.38. The van der Waals surface area contributed by atoms with Gasteiger partial charge in [-0.1, -0.05) is 42.5 Å². The standard InChI is InChI=1S/C18H18FNO2/c19-15-8-4-7-14(9-15)16-11-20(12-17(16)18(21)22)10-13-5-2-1-3-6-13/h1-9,16-17H,10-12H2,(H,21,22)/t16-,17+/m0/s1. The van der Waals surface area contributed by atoms with E-state index in [1.165, 1.54) is 12.1 Å². The molecule has 3 nitrogen and oxygen atoms in total. The number of halogens is 1. The van der Waals surface area contributed by atoms with Gasteiger partial charge in [0.2, 0.25) is 0 Å². The Hall–Kier alpha value is -2.20. The Labute approximate surface area is 129 Å². The first-order chi connectivity index (χ1) is 10.6. The third-order valence-electron chi connectivity index (χ3n) is 4.24. The van der Waals surface area contributed by atoms with Crippen molar-refractivity contribution in [3.63, 3.8) is 0 Å². The number of benzene rings is 2. The third-order valence-corrected chi connectivity index (χ3v) is 4.24. The highest BCUT2D eigenvalue weighted by Crippen LogP contribution is 2.33. The molecule has 0 amide bonds. The minimum atomic E-state index is -0.815. The highest BCUT2D eigenvalue weighted by atomic mass is 19.1. The summed E-state index contributed by atoms with van der Waals surface area (Å²) < 4.78 is 13.4. The maximum Gasteiger partial charge on any atom is 0.308 e. The molecule has 2 aromatic rings. The van der Waals surface area contributed by atoms with Gasteiger partial charge in [0, 0.05) is 25.6 Å². The lowest BCUT2D eigenvalue weighted by Gasteiger charge is -2.16. The number of carbonyl (C=O) groups is 1. The minimum Gasteiger partial charge on any atom is -0.481 e. The Morgan fingerprint density at radius 1 is 1.14 bits per heavy atom. The van der Waals surface area contributed by atoms with Gasteiger partial charge in [-0.15, -0.1) is 0 Å². The van der Waals surface area contributed by atoms with E-state index in [1.54, 1.807) is 6.07 Å². The topological polar surface area (TPSA) is 40.5 Å². The summed E-state index contributed by atoms with van der Waals surface area (Å²) in [7, 11) is 0. The molecule has 114 valence electrons. The molecule has 3 rings (SSSR count). The molecule has 4 heteroatoms. The summed E-state index contributed by atoms with van der Waals surface area (Å²) in [5, 5.41) is 9.48. The van der Waals surface area contributed by atoms with E-state index in [0.29, 0.717) is 13.1 Å². The number of carboxylic acids is 1. The average molecular weight is 299 g/mol. The highest BCUT2D eigenvalue weighted by Gasteiger charge is 2.38. The molecule has 0 bridgehead atoms. The molecule has 2 atom stereocenters. The Bertz CT molecular complexity index is 659. The molecule has 2 aromatic carbocycles. The van der Waals surface area contributed by atoms with Crippen LogP contribution in [-0.4, -0.2) is 29.1 Å². The molecule has 0 saturated carbocycles. The van der Waals surface area contributed by atoms with Crippen LogP contribution >= 0.6 is 0 Å². The van der Waals surface area contributed by atoms with Crippen molar-refractivity contribution >= 4 is 5.97 Å². The fourth-order valence-corrected chi connectivity index (χ4v) is 3.18. The molecule has 0 aromatic heterocycles. The van der Waals surface area contributed by atoms with E-state index in [2.05, 4.69) is 4.90 Å². The summed E-state index contributed by atoms with van der Waals surface area (Å²) in [6, 6.07) is 16.3. The highest BCUT2D eigenvalue weighted by molar-refractivity contribution is 5.72. The van der Waals surface area contributed by atoms with Gasteiger partial charge in [-0.2, -0.15) is 0 Å². The molecular formula is C18H18FNO2. The van der Waals surface area contributed by atoms with Crippen LogP contribution in [0.2, 0.25) is 0 Å². The van der Waals surface area contributed by atoms with Crippen molar-refractivity contribution < 1.29 is 14.3 Å². The Balaban J connectivity index is 1.79. The van der Waals surface area contributed by atoms with Gasteiger partial charge < -0.3 is 5.11 Å². The van der Waals surface area contributed by atoms with Gasteiger partial charge in [-0.25, -0.2) is 4.39 Å². The molecular weight excluding hydrogens is 281 g/mol. The fourth-order valence-electron chi connectivity index (χ4n) is 3.18. The van der Waals surface area contributed by atoms with Crippen LogP contribution in [0.1, 0.15) is 17.0 Å². The first kappa shape index (κ1) is 14.7. The van der Waals surface area contributed by atoms with Crippen molar-refractivity contribution in [2.45, 2.75) is 12.5 Å². The molecule has 1 fully saturated rings. The van der Waals surface area contributed by atoms with Crippen molar-refractivity contribution in [1.82, 2.24) is 4.90 Å². The van der Waals surface area contributed by atoms with Crippen molar-refractivity contribution in [3.05, 3.63) is 71.5 Å². The van der Waals surface area contributed by atoms with E-state index in [9.17, 15) is 14.3 Å². The zero-order valence-electron chi connectivity index (χ0n) is 12.2. The summed E-state index contributed by atoms with van der Waals surface area (Å²) in [6.07, 6.45) is 0. The molecule has 0 aliphatic carbocycles. The van der Waals surface area contributed by atoms with Crippen LogP contribution in [0, 0.1) is 11.7 Å². The van der Waals surface area contributed by atoms with Crippen molar-refractivity contribution in [1.29, 1.82) is 0 Å². The van der Waals surface area contributed by atoms with E-state index in [-0.39, 0.29) is 11.7 Å². The lowest BCUT2D eigenvalue weighted by atomic mass is 9.89. The second-order valence-electron chi connectivity index (χ2n) is 5.79. The number of hydrogen-bond donors (Lipinski definition) is 1. The number of carboxylic acid groups (broad SMARTS) is 1. The Kier molecular flexibility index (Phi) is 4.20. The van der Waals surface area contributed by atoms with Gasteiger partial charge in [0.25, 0.3) is 0 Å². The summed E-state index contributed by atoms with van der Waals surface area (Å²) >= 11 is 0. The SMILES string of the molecule is O=C(O)[C@@H]1CN(Cc2ccccc2)C[C@H]1c1cccc(F)c1. The van der Waals surface area contributed by atoms with E-state index >= 15 is 0 Å². The second kappa shape index (κ2) is 6.28. The number of aliphatic carboxylic acids is 1. The van der Waals surface area contributed by atoms with Crippen LogP contribution in [0.3, 0.4) is 0 Å². The zero-order valence-corrected chi connectivity index (χ0v) is 12.2. The van der Waals surface area contributed by atoms with Crippen LogP contribution in [-0.2, 0) is 11.3 Å². The molecule has 1 aliphatic heterocycles. The normalized spacial score (nSPS) is 21.9. The fraction of sp³-hybridized carbons (Fsp3) is 0.278. The van der Waals surface area contributed by atoms with Crippen LogP contribution in [0.15, 0.2) is 54.6 Å². The predicted molar refractivity (Wildman–Crippen MR) is 82.0 cm³/mol. The molecule has 0 spiro atoms. The first-order valence-electron chi connectivity index (χ1n) is 7.38. The lowest BCUT2D eigenvalue weighted by molar-refractivity contribution is -0.141. The third kappa shape index (κ3) is 3.17. The predicted octanol–water partition coefficient (Wildman–Crippen LogP) is 3.13. The van der Waals surface area contributed by atoms with Crippen LogP contribution < -0.4 is 0 Å². The summed E-state index contributed by atoms with van der Waals surface area (Å²) in [5.41, 5.74) is 1.93. The molecule has 22 heavy (non-hydrogen) atoms. The van der Waals surface area contributed by atoms with Crippen LogP contribution in [0.25, 0.3) is 0 Å². The van der Waals surface area contributed by atoms with Gasteiger partial charge in [-0.05, 0) is 23.3 Å². The van der Waals surface area contributed by atoms with Gasteiger partial charge in [0.15, 0.2) is 0 Å². The molecule has 0 radical (unpaired) electrons. The van der Waals surface area contributed by atoms with Gasteiger partial charge in [0.05, 0.1) is 5.92 Å². The smallest absolute Gasteiger partial charge is 0.308 e. The van der Waals surface area contributed by atoms with Crippen molar-refractivity contribution in [2.24, 2.45) is 5.92 Å². The van der Waals surface area contributed by atoms with Crippen LogP contribution in [0.5, 0.6) is 0 Å². The molecule has 0 unspecified atom stereocenters. The van der Waals surface area contributed by atoms with Crippen LogP contribution in [0.4, 0.5) is 4.39 Å². The second-order valence-corrected chi connectivity index (χ2v) is 5.79. The van der Waals surface area contributed by atoms with Crippen molar-refractivity contribution in [3.8, 4) is 0 Å². The lowest BCUT2D eigenvalue weighted by Crippen LogP contribution is -2.23. The van der Waals surface area contributed by atoms with Gasteiger partial charge >= 0.3 is 5.97 Å². The van der Waals surface area contributed by atoms with E-state index < -0.39 is 11.9 Å². The maximum absolute atomic E-state index is 13.4. The molecule has 1 aliphatic rings. The molecule has 1 saturated heterocycles. The van der Waals surface area contributed by atoms with Gasteiger partial charge in [0.1, 0.15) is 5.82 Å². The number of nitrogens with zero attached hydrogens (tertiary/aromatic N) is 1. The molecule has 1 N–H and O–H groups in total. The number of likely N-dealkylation sites (tertiary alicyclic amines) is 1. The Morgan fingerprint density at radius 3 is 2.59 bits per heavy atom.